The van der Waals surface area contributed by atoms with Crippen molar-refractivity contribution in [3.05, 3.63) is 57.7 Å². The normalized spacial score (nSPS) is 10.1. The molecule has 2 rings (SSSR count). The summed E-state index contributed by atoms with van der Waals surface area (Å²) in [6.07, 6.45) is 0.352. The molecule has 2 aromatic carbocycles. The van der Waals surface area contributed by atoms with Crippen molar-refractivity contribution in [2.45, 2.75) is 6.42 Å². The van der Waals surface area contributed by atoms with Crippen LogP contribution in [-0.4, -0.2) is 5.91 Å². The van der Waals surface area contributed by atoms with Crippen LogP contribution in [-0.2, 0) is 11.2 Å². The average molecular weight is 352 g/mol. The van der Waals surface area contributed by atoms with Crippen molar-refractivity contribution < 1.29 is 4.79 Å². The SMILES string of the molecule is Nc1ccc(CC(=O)Nc2ccccc2I)cc1. The fourth-order valence-electron chi connectivity index (χ4n) is 1.58. The first kappa shape index (κ1) is 12.9. The summed E-state index contributed by atoms with van der Waals surface area (Å²) in [5, 5.41) is 2.90. The van der Waals surface area contributed by atoms with E-state index in [9.17, 15) is 4.79 Å². The van der Waals surface area contributed by atoms with Gasteiger partial charge in [0.2, 0.25) is 5.91 Å². The van der Waals surface area contributed by atoms with Gasteiger partial charge >= 0.3 is 0 Å². The zero-order chi connectivity index (χ0) is 13.0. The molecule has 0 bridgehead atoms. The van der Waals surface area contributed by atoms with E-state index in [0.29, 0.717) is 12.1 Å². The number of nitrogen functional groups attached to an aromatic ring is 1. The number of halogens is 1. The molecular formula is C14H13IN2O. The van der Waals surface area contributed by atoms with Crippen LogP contribution in [0.4, 0.5) is 11.4 Å². The zero-order valence-corrected chi connectivity index (χ0v) is 11.8. The minimum absolute atomic E-state index is 0.0242. The van der Waals surface area contributed by atoms with Crippen LogP contribution in [0.3, 0.4) is 0 Å². The minimum Gasteiger partial charge on any atom is -0.399 e. The number of anilines is 2. The molecule has 3 nitrogen and oxygen atoms in total. The van der Waals surface area contributed by atoms with Crippen molar-refractivity contribution in [2.24, 2.45) is 0 Å². The molecule has 0 aliphatic rings. The number of amides is 1. The van der Waals surface area contributed by atoms with Gasteiger partial charge in [-0.3, -0.25) is 4.79 Å². The van der Waals surface area contributed by atoms with Crippen molar-refractivity contribution in [3.63, 3.8) is 0 Å². The third kappa shape index (κ3) is 3.46. The van der Waals surface area contributed by atoms with E-state index in [1.54, 1.807) is 12.1 Å². The average Bonchev–Trinajstić information content (AvgIpc) is 2.35. The van der Waals surface area contributed by atoms with E-state index < -0.39 is 0 Å². The molecule has 0 unspecified atom stereocenters. The Morgan fingerprint density at radius 1 is 1.11 bits per heavy atom. The van der Waals surface area contributed by atoms with E-state index in [0.717, 1.165) is 14.8 Å². The predicted molar refractivity (Wildman–Crippen MR) is 82.3 cm³/mol. The van der Waals surface area contributed by atoms with Gasteiger partial charge in [0.05, 0.1) is 12.1 Å². The maximum Gasteiger partial charge on any atom is 0.228 e. The van der Waals surface area contributed by atoms with Gasteiger partial charge in [0.25, 0.3) is 0 Å². The third-order valence-corrected chi connectivity index (χ3v) is 3.43. The van der Waals surface area contributed by atoms with Crippen LogP contribution in [0.15, 0.2) is 48.5 Å². The monoisotopic (exact) mass is 352 g/mol. The highest BCUT2D eigenvalue weighted by atomic mass is 127. The topological polar surface area (TPSA) is 55.1 Å². The number of benzene rings is 2. The molecule has 4 heteroatoms. The van der Waals surface area contributed by atoms with Crippen molar-refractivity contribution >= 4 is 39.9 Å². The quantitative estimate of drug-likeness (QED) is 0.659. The Morgan fingerprint density at radius 2 is 1.78 bits per heavy atom. The van der Waals surface area contributed by atoms with E-state index in [-0.39, 0.29) is 5.91 Å². The third-order valence-electron chi connectivity index (χ3n) is 2.49. The Morgan fingerprint density at radius 3 is 2.44 bits per heavy atom. The van der Waals surface area contributed by atoms with Gasteiger partial charge in [-0.05, 0) is 52.4 Å². The van der Waals surface area contributed by atoms with Crippen molar-refractivity contribution in [1.82, 2.24) is 0 Å². The van der Waals surface area contributed by atoms with Crippen molar-refractivity contribution in [2.75, 3.05) is 11.1 Å². The fourth-order valence-corrected chi connectivity index (χ4v) is 2.10. The van der Waals surface area contributed by atoms with E-state index in [1.807, 2.05) is 36.4 Å². The van der Waals surface area contributed by atoms with Gasteiger partial charge < -0.3 is 11.1 Å². The van der Waals surface area contributed by atoms with E-state index in [1.165, 1.54) is 0 Å². The van der Waals surface area contributed by atoms with Crippen molar-refractivity contribution in [3.8, 4) is 0 Å². The molecule has 2 aromatic rings. The standard InChI is InChI=1S/C14H13IN2O/c15-12-3-1-2-4-13(12)17-14(18)9-10-5-7-11(16)8-6-10/h1-8H,9,16H2,(H,17,18). The molecule has 0 aliphatic heterocycles. The summed E-state index contributed by atoms with van der Waals surface area (Å²) < 4.78 is 1.03. The molecule has 0 saturated heterocycles. The second-order valence-corrected chi connectivity index (χ2v) is 5.11. The first-order valence-electron chi connectivity index (χ1n) is 5.54. The maximum atomic E-state index is 11.9. The van der Waals surface area contributed by atoms with Crippen LogP contribution >= 0.6 is 22.6 Å². The molecule has 0 aliphatic carbocycles. The molecule has 0 saturated carbocycles. The minimum atomic E-state index is -0.0242. The van der Waals surface area contributed by atoms with Crippen molar-refractivity contribution in [1.29, 1.82) is 0 Å². The number of nitrogens with one attached hydrogen (secondary N) is 1. The van der Waals surface area contributed by atoms with Gasteiger partial charge in [-0.15, -0.1) is 0 Å². The second-order valence-electron chi connectivity index (χ2n) is 3.95. The molecule has 92 valence electrons. The predicted octanol–water partition coefficient (Wildman–Crippen LogP) is 3.05. The lowest BCUT2D eigenvalue weighted by molar-refractivity contribution is -0.115. The molecule has 0 heterocycles. The second kappa shape index (κ2) is 5.86. The van der Waals surface area contributed by atoms with Crippen LogP contribution in [0.5, 0.6) is 0 Å². The van der Waals surface area contributed by atoms with Gasteiger partial charge in [-0.2, -0.15) is 0 Å². The largest absolute Gasteiger partial charge is 0.399 e. The summed E-state index contributed by atoms with van der Waals surface area (Å²) in [7, 11) is 0. The molecule has 3 N–H and O–H groups in total. The highest BCUT2D eigenvalue weighted by Gasteiger charge is 2.05. The Hall–Kier alpha value is -1.56. The molecular weight excluding hydrogens is 339 g/mol. The number of hydrogen-bond donors (Lipinski definition) is 2. The molecule has 0 atom stereocenters. The lowest BCUT2D eigenvalue weighted by Gasteiger charge is -2.07. The van der Waals surface area contributed by atoms with Crippen LogP contribution in [0.25, 0.3) is 0 Å². The van der Waals surface area contributed by atoms with E-state index in [4.69, 9.17) is 5.73 Å². The molecule has 0 fully saturated rings. The number of carbonyl (C=O) groups excluding carboxylic acids is 1. The van der Waals surface area contributed by atoms with Crippen LogP contribution in [0.2, 0.25) is 0 Å². The smallest absolute Gasteiger partial charge is 0.228 e. The maximum absolute atomic E-state index is 11.9. The summed E-state index contributed by atoms with van der Waals surface area (Å²) in [6.45, 7) is 0. The van der Waals surface area contributed by atoms with Crippen LogP contribution < -0.4 is 11.1 Å². The number of hydrogen-bond acceptors (Lipinski definition) is 2. The van der Waals surface area contributed by atoms with Gasteiger partial charge in [-0.25, -0.2) is 0 Å². The highest BCUT2D eigenvalue weighted by Crippen LogP contribution is 2.17. The van der Waals surface area contributed by atoms with Gasteiger partial charge in [-0.1, -0.05) is 24.3 Å². The molecule has 1 amide bonds. The zero-order valence-electron chi connectivity index (χ0n) is 9.69. The number of carbonyl (C=O) groups is 1. The fraction of sp³-hybridized carbons (Fsp3) is 0.0714. The number of nitrogens with two attached hydrogens (primary N) is 1. The van der Waals surface area contributed by atoms with E-state index in [2.05, 4.69) is 27.9 Å². The van der Waals surface area contributed by atoms with Gasteiger partial charge in [0.1, 0.15) is 0 Å². The van der Waals surface area contributed by atoms with Gasteiger partial charge in [0.15, 0.2) is 0 Å². The Balaban J connectivity index is 2.01. The highest BCUT2D eigenvalue weighted by molar-refractivity contribution is 14.1. The molecule has 0 spiro atoms. The molecule has 0 aromatic heterocycles. The first-order valence-corrected chi connectivity index (χ1v) is 6.62. The Kier molecular flexibility index (Phi) is 4.19. The number of rotatable bonds is 3. The summed E-state index contributed by atoms with van der Waals surface area (Å²) in [6, 6.07) is 15.0. The Labute approximate surface area is 120 Å². The summed E-state index contributed by atoms with van der Waals surface area (Å²) in [5.41, 5.74) is 8.10. The molecule has 0 radical (unpaired) electrons. The lowest BCUT2D eigenvalue weighted by Crippen LogP contribution is -2.15. The Bertz CT molecular complexity index is 552. The number of para-hydroxylation sites is 1. The summed E-state index contributed by atoms with van der Waals surface area (Å²) >= 11 is 2.20. The van der Waals surface area contributed by atoms with Crippen LogP contribution in [0.1, 0.15) is 5.56 Å². The van der Waals surface area contributed by atoms with Crippen LogP contribution in [0, 0.1) is 3.57 Å². The summed E-state index contributed by atoms with van der Waals surface area (Å²) in [4.78, 5) is 11.9. The van der Waals surface area contributed by atoms with E-state index >= 15 is 0 Å². The molecule has 18 heavy (non-hydrogen) atoms. The lowest BCUT2D eigenvalue weighted by atomic mass is 10.1. The summed E-state index contributed by atoms with van der Waals surface area (Å²) in [5.74, 6) is -0.0242. The van der Waals surface area contributed by atoms with Gasteiger partial charge in [0, 0.05) is 9.26 Å². The first-order chi connectivity index (χ1) is 8.65.